The standard InChI is InChI=1S/C23H33F3N2O.C2H6N2/c1-4-6-8-9-10-11-13-18-14-15-19(16-20(18)23(24,25)26)21-27-22(29-28-21)17(3)12-7-5-2;1-2(3)4/h14-17H,4-13H2,1-3H3;1H3,(H3,3,4)/t17-;/m0./s1. The fourth-order valence-corrected chi connectivity index (χ4v) is 3.48. The van der Waals surface area contributed by atoms with Crippen LogP contribution >= 0.6 is 0 Å². The number of nitrogens with zero attached hydrogens (tertiary/aromatic N) is 2. The van der Waals surface area contributed by atoms with Crippen LogP contribution in [0.5, 0.6) is 0 Å². The molecule has 0 amide bonds. The van der Waals surface area contributed by atoms with Gasteiger partial charge in [-0.25, -0.2) is 0 Å². The molecule has 0 aliphatic carbocycles. The molecule has 0 saturated heterocycles. The maximum Gasteiger partial charge on any atom is 0.416 e. The second-order valence-electron chi connectivity index (χ2n) is 8.57. The summed E-state index contributed by atoms with van der Waals surface area (Å²) >= 11 is 0. The number of amidine groups is 1. The monoisotopic (exact) mass is 468 g/mol. The third-order valence-corrected chi connectivity index (χ3v) is 5.33. The van der Waals surface area contributed by atoms with E-state index in [-0.39, 0.29) is 17.6 Å². The van der Waals surface area contributed by atoms with Gasteiger partial charge in [0.25, 0.3) is 0 Å². The molecule has 2 rings (SSSR count). The molecule has 1 heterocycles. The first-order chi connectivity index (χ1) is 15.6. The van der Waals surface area contributed by atoms with E-state index in [2.05, 4.69) is 24.0 Å². The van der Waals surface area contributed by atoms with Gasteiger partial charge in [0.2, 0.25) is 11.7 Å². The summed E-state index contributed by atoms with van der Waals surface area (Å²) in [5.41, 5.74) is 4.80. The highest BCUT2D eigenvalue weighted by molar-refractivity contribution is 5.73. The summed E-state index contributed by atoms with van der Waals surface area (Å²) in [7, 11) is 0. The van der Waals surface area contributed by atoms with Crippen LogP contribution in [0.1, 0.15) is 108 Å². The van der Waals surface area contributed by atoms with Gasteiger partial charge in [-0.2, -0.15) is 18.2 Å². The van der Waals surface area contributed by atoms with Crippen LogP contribution in [0, 0.1) is 5.41 Å². The lowest BCUT2D eigenvalue weighted by atomic mass is 9.97. The number of benzene rings is 1. The van der Waals surface area contributed by atoms with Crippen molar-refractivity contribution < 1.29 is 17.7 Å². The lowest BCUT2D eigenvalue weighted by molar-refractivity contribution is -0.138. The Morgan fingerprint density at radius 3 is 2.27 bits per heavy atom. The Hall–Kier alpha value is -2.38. The Labute approximate surface area is 195 Å². The fraction of sp³-hybridized carbons (Fsp3) is 0.640. The Balaban J connectivity index is 0.00000125. The van der Waals surface area contributed by atoms with Crippen LogP contribution in [0.2, 0.25) is 0 Å². The van der Waals surface area contributed by atoms with E-state index < -0.39 is 11.7 Å². The summed E-state index contributed by atoms with van der Waals surface area (Å²) in [5.74, 6) is 0.975. The number of unbranched alkanes of at least 4 members (excludes halogenated alkanes) is 6. The second-order valence-corrected chi connectivity index (χ2v) is 8.57. The molecule has 1 aromatic carbocycles. The van der Waals surface area contributed by atoms with Gasteiger partial charge in [-0.15, -0.1) is 0 Å². The molecule has 5 nitrogen and oxygen atoms in total. The molecule has 186 valence electrons. The third-order valence-electron chi connectivity index (χ3n) is 5.33. The Bertz CT molecular complexity index is 829. The van der Waals surface area contributed by atoms with E-state index in [4.69, 9.17) is 15.7 Å². The van der Waals surface area contributed by atoms with Crippen LogP contribution in [0.4, 0.5) is 13.2 Å². The van der Waals surface area contributed by atoms with Crippen LogP contribution in [0.15, 0.2) is 22.7 Å². The molecule has 3 N–H and O–H groups in total. The number of halogens is 3. The average Bonchev–Trinajstić information content (AvgIpc) is 3.24. The number of aromatic nitrogens is 2. The van der Waals surface area contributed by atoms with E-state index in [9.17, 15) is 13.2 Å². The predicted octanol–water partition coefficient (Wildman–Crippen LogP) is 7.89. The van der Waals surface area contributed by atoms with E-state index in [1.54, 1.807) is 12.1 Å². The number of rotatable bonds is 12. The number of aryl methyl sites for hydroxylation is 1. The molecular formula is C25H39F3N4O. The van der Waals surface area contributed by atoms with Crippen LogP contribution in [-0.2, 0) is 12.6 Å². The number of nitrogens with two attached hydrogens (primary N) is 1. The van der Waals surface area contributed by atoms with Gasteiger partial charge in [0.15, 0.2) is 0 Å². The van der Waals surface area contributed by atoms with Crippen LogP contribution in [-0.4, -0.2) is 16.0 Å². The zero-order valence-electron chi connectivity index (χ0n) is 20.4. The van der Waals surface area contributed by atoms with E-state index in [0.29, 0.717) is 23.4 Å². The Morgan fingerprint density at radius 1 is 1.06 bits per heavy atom. The number of alkyl halides is 3. The van der Waals surface area contributed by atoms with E-state index in [1.165, 1.54) is 13.3 Å². The summed E-state index contributed by atoms with van der Waals surface area (Å²) in [6.07, 6.45) is 5.39. The summed E-state index contributed by atoms with van der Waals surface area (Å²) in [6, 6.07) is 4.41. The van der Waals surface area contributed by atoms with Gasteiger partial charge in [-0.3, -0.25) is 5.41 Å². The molecule has 1 atom stereocenters. The van der Waals surface area contributed by atoms with Gasteiger partial charge in [0, 0.05) is 11.5 Å². The van der Waals surface area contributed by atoms with Crippen LogP contribution < -0.4 is 5.73 Å². The van der Waals surface area contributed by atoms with Gasteiger partial charge in [0.1, 0.15) is 0 Å². The van der Waals surface area contributed by atoms with Gasteiger partial charge in [-0.1, -0.05) is 83.0 Å². The van der Waals surface area contributed by atoms with Crippen molar-refractivity contribution in [1.29, 1.82) is 5.41 Å². The largest absolute Gasteiger partial charge is 0.416 e. The Morgan fingerprint density at radius 2 is 1.67 bits per heavy atom. The van der Waals surface area contributed by atoms with E-state index >= 15 is 0 Å². The molecule has 0 saturated carbocycles. The normalized spacial score (nSPS) is 12.2. The first-order valence-corrected chi connectivity index (χ1v) is 11.9. The SMILES string of the molecule is CC(=N)N.CCCCCCCCc1ccc(-c2noc([C@@H](C)CCCC)n2)cc1C(F)(F)F. The summed E-state index contributed by atoms with van der Waals surface area (Å²) in [6.45, 7) is 7.78. The average molecular weight is 469 g/mol. The summed E-state index contributed by atoms with van der Waals surface area (Å²) < 4.78 is 46.2. The lowest BCUT2D eigenvalue weighted by Gasteiger charge is -2.14. The maximum absolute atomic E-state index is 13.6. The zero-order valence-corrected chi connectivity index (χ0v) is 20.4. The maximum atomic E-state index is 13.6. The minimum Gasteiger partial charge on any atom is -0.388 e. The lowest BCUT2D eigenvalue weighted by Crippen LogP contribution is -2.09. The molecule has 0 aliphatic heterocycles. The van der Waals surface area contributed by atoms with Crippen LogP contribution in [0.3, 0.4) is 0 Å². The zero-order chi connectivity index (χ0) is 24.9. The van der Waals surface area contributed by atoms with Crippen molar-refractivity contribution in [3.05, 3.63) is 35.2 Å². The van der Waals surface area contributed by atoms with Gasteiger partial charge < -0.3 is 10.3 Å². The summed E-state index contributed by atoms with van der Waals surface area (Å²) in [5, 5.41) is 10.2. The topological polar surface area (TPSA) is 88.8 Å². The summed E-state index contributed by atoms with van der Waals surface area (Å²) in [4.78, 5) is 4.34. The minimum atomic E-state index is -4.39. The molecule has 0 bridgehead atoms. The molecule has 0 fully saturated rings. The molecular weight excluding hydrogens is 429 g/mol. The fourth-order valence-electron chi connectivity index (χ4n) is 3.48. The molecule has 0 radical (unpaired) electrons. The van der Waals surface area contributed by atoms with Crippen molar-refractivity contribution >= 4 is 5.84 Å². The second kappa shape index (κ2) is 14.7. The van der Waals surface area contributed by atoms with Crippen molar-refractivity contribution in [2.24, 2.45) is 5.73 Å². The van der Waals surface area contributed by atoms with Crippen molar-refractivity contribution in [2.75, 3.05) is 0 Å². The van der Waals surface area contributed by atoms with E-state index in [0.717, 1.165) is 57.4 Å². The van der Waals surface area contributed by atoms with Gasteiger partial charge in [0.05, 0.1) is 11.4 Å². The highest BCUT2D eigenvalue weighted by atomic mass is 19.4. The van der Waals surface area contributed by atoms with Crippen molar-refractivity contribution in [2.45, 2.75) is 104 Å². The van der Waals surface area contributed by atoms with Crippen LogP contribution in [0.25, 0.3) is 11.4 Å². The first kappa shape index (κ1) is 28.7. The Kier molecular flexibility index (Phi) is 12.8. The molecule has 1 aromatic heterocycles. The third kappa shape index (κ3) is 10.9. The molecule has 0 unspecified atom stereocenters. The number of hydrogen-bond donors (Lipinski definition) is 2. The molecule has 33 heavy (non-hydrogen) atoms. The first-order valence-electron chi connectivity index (χ1n) is 11.9. The van der Waals surface area contributed by atoms with Crippen molar-refractivity contribution in [3.8, 4) is 11.4 Å². The van der Waals surface area contributed by atoms with Gasteiger partial charge in [-0.05, 0) is 37.8 Å². The molecule has 2 aromatic rings. The highest BCUT2D eigenvalue weighted by Crippen LogP contribution is 2.35. The van der Waals surface area contributed by atoms with E-state index in [1.807, 2.05) is 6.92 Å². The minimum absolute atomic E-state index is 0.102. The quantitative estimate of drug-likeness (QED) is 0.188. The van der Waals surface area contributed by atoms with Gasteiger partial charge >= 0.3 is 6.18 Å². The molecule has 0 spiro atoms. The van der Waals surface area contributed by atoms with Crippen molar-refractivity contribution in [1.82, 2.24) is 10.1 Å². The predicted molar refractivity (Wildman–Crippen MR) is 127 cm³/mol. The number of hydrogen-bond acceptors (Lipinski definition) is 4. The highest BCUT2D eigenvalue weighted by Gasteiger charge is 2.33. The number of nitrogens with one attached hydrogen (secondary N) is 1. The molecule has 0 aliphatic rings. The molecule has 8 heteroatoms. The smallest absolute Gasteiger partial charge is 0.388 e. The van der Waals surface area contributed by atoms with Crippen molar-refractivity contribution in [3.63, 3.8) is 0 Å².